The number of halogens is 2. The molecule has 0 aliphatic rings. The lowest BCUT2D eigenvalue weighted by atomic mass is 10.3. The summed E-state index contributed by atoms with van der Waals surface area (Å²) in [6, 6.07) is 8.51. The van der Waals surface area contributed by atoms with E-state index in [1.807, 2.05) is 24.3 Å². The van der Waals surface area contributed by atoms with E-state index in [1.165, 1.54) is 0 Å². The van der Waals surface area contributed by atoms with Crippen LogP contribution in [0.15, 0.2) is 28.7 Å². The highest BCUT2D eigenvalue weighted by Crippen LogP contribution is 2.17. The number of hydrogen-bond acceptors (Lipinski definition) is 2. The third-order valence-corrected chi connectivity index (χ3v) is 3.39. The second-order valence-corrected chi connectivity index (χ2v) is 5.83. The molecule has 0 unspecified atom stereocenters. The van der Waals surface area contributed by atoms with E-state index < -0.39 is 0 Å². The molecule has 0 aromatic heterocycles. The van der Waals surface area contributed by atoms with E-state index in [4.69, 9.17) is 4.74 Å². The molecule has 0 atom stereocenters. The van der Waals surface area contributed by atoms with Gasteiger partial charge in [0, 0.05) is 28.9 Å². The van der Waals surface area contributed by atoms with Crippen LogP contribution in [0.3, 0.4) is 0 Å². The van der Waals surface area contributed by atoms with Gasteiger partial charge in [0.1, 0.15) is 12.4 Å². The third-order valence-electron chi connectivity index (χ3n) is 2.55. The molecule has 1 rings (SSSR count). The second kappa shape index (κ2) is 8.11. The van der Waals surface area contributed by atoms with E-state index in [0.717, 1.165) is 35.2 Å². The first kappa shape index (κ1) is 15.0. The summed E-state index contributed by atoms with van der Waals surface area (Å²) in [6.45, 7) is 7.15. The minimum absolute atomic E-state index is 0.554. The molecule has 4 heteroatoms. The van der Waals surface area contributed by atoms with Crippen molar-refractivity contribution in [3.63, 3.8) is 0 Å². The summed E-state index contributed by atoms with van der Waals surface area (Å²) in [5.41, 5.74) is 0. The van der Waals surface area contributed by atoms with Crippen LogP contribution in [0.5, 0.6) is 5.75 Å². The lowest BCUT2D eigenvalue weighted by Gasteiger charge is -2.25. The van der Waals surface area contributed by atoms with Crippen molar-refractivity contribution in [1.29, 1.82) is 0 Å². The fraction of sp³-hybridized carbons (Fsp3) is 0.538. The Labute approximate surface area is 121 Å². The van der Waals surface area contributed by atoms with Crippen molar-refractivity contribution in [1.82, 2.24) is 4.90 Å². The molecule has 0 amide bonds. The zero-order valence-corrected chi connectivity index (χ0v) is 13.5. The first-order valence-electron chi connectivity index (χ1n) is 5.82. The lowest BCUT2D eigenvalue weighted by Crippen LogP contribution is -2.36. The van der Waals surface area contributed by atoms with Crippen molar-refractivity contribution in [2.75, 3.05) is 25.0 Å². The van der Waals surface area contributed by atoms with Gasteiger partial charge in [-0.25, -0.2) is 0 Å². The van der Waals surface area contributed by atoms with Crippen molar-refractivity contribution in [2.24, 2.45) is 0 Å². The molecule has 1 aromatic rings. The maximum atomic E-state index is 5.73. The van der Waals surface area contributed by atoms with Crippen molar-refractivity contribution in [2.45, 2.75) is 19.9 Å². The molecule has 0 aliphatic heterocycles. The van der Waals surface area contributed by atoms with Crippen LogP contribution in [0.4, 0.5) is 0 Å². The average Bonchev–Trinajstić information content (AvgIpc) is 2.28. The molecule has 0 saturated heterocycles. The van der Waals surface area contributed by atoms with Crippen LogP contribution < -0.4 is 4.74 Å². The smallest absolute Gasteiger partial charge is 0.120 e. The van der Waals surface area contributed by atoms with Gasteiger partial charge in [0.05, 0.1) is 0 Å². The second-order valence-electron chi connectivity index (χ2n) is 4.12. The number of alkyl halides is 1. The minimum Gasteiger partial charge on any atom is -0.492 e. The SMILES string of the molecule is CC(C)N(CCBr)CCOc1cccc(Br)c1. The van der Waals surface area contributed by atoms with Crippen LogP contribution in [-0.2, 0) is 0 Å². The van der Waals surface area contributed by atoms with Gasteiger partial charge in [-0.1, -0.05) is 37.9 Å². The Balaban J connectivity index is 2.35. The zero-order chi connectivity index (χ0) is 12.7. The van der Waals surface area contributed by atoms with E-state index in [1.54, 1.807) is 0 Å². The van der Waals surface area contributed by atoms with Gasteiger partial charge in [-0.15, -0.1) is 0 Å². The summed E-state index contributed by atoms with van der Waals surface area (Å²) in [7, 11) is 0. The summed E-state index contributed by atoms with van der Waals surface area (Å²) in [6.07, 6.45) is 0. The average molecular weight is 365 g/mol. The summed E-state index contributed by atoms with van der Waals surface area (Å²) < 4.78 is 6.78. The fourth-order valence-corrected chi connectivity index (χ4v) is 2.41. The Morgan fingerprint density at radius 1 is 1.29 bits per heavy atom. The van der Waals surface area contributed by atoms with Crippen molar-refractivity contribution in [3.05, 3.63) is 28.7 Å². The van der Waals surface area contributed by atoms with Crippen LogP contribution in [0.1, 0.15) is 13.8 Å². The molecule has 0 saturated carbocycles. The zero-order valence-electron chi connectivity index (χ0n) is 10.3. The van der Waals surface area contributed by atoms with Crippen LogP contribution in [-0.4, -0.2) is 36.0 Å². The molecule has 0 N–H and O–H groups in total. The van der Waals surface area contributed by atoms with Gasteiger partial charge in [0.2, 0.25) is 0 Å². The van der Waals surface area contributed by atoms with Gasteiger partial charge in [-0.3, -0.25) is 4.90 Å². The first-order chi connectivity index (χ1) is 8.13. The maximum absolute atomic E-state index is 5.73. The van der Waals surface area contributed by atoms with Crippen molar-refractivity contribution >= 4 is 31.9 Å². The van der Waals surface area contributed by atoms with Crippen molar-refractivity contribution in [3.8, 4) is 5.75 Å². The monoisotopic (exact) mass is 363 g/mol. The molecule has 0 fully saturated rings. The van der Waals surface area contributed by atoms with Crippen LogP contribution in [0.2, 0.25) is 0 Å². The summed E-state index contributed by atoms with van der Waals surface area (Å²) in [5.74, 6) is 0.918. The Morgan fingerprint density at radius 2 is 2.06 bits per heavy atom. The molecule has 0 radical (unpaired) electrons. The van der Waals surface area contributed by atoms with Crippen LogP contribution in [0, 0.1) is 0 Å². The summed E-state index contributed by atoms with van der Waals surface area (Å²) in [5, 5.41) is 1.00. The fourth-order valence-electron chi connectivity index (χ4n) is 1.57. The minimum atomic E-state index is 0.554. The molecule has 17 heavy (non-hydrogen) atoms. The number of benzene rings is 1. The highest BCUT2D eigenvalue weighted by Gasteiger charge is 2.08. The number of rotatable bonds is 7. The van der Waals surface area contributed by atoms with Gasteiger partial charge in [0.25, 0.3) is 0 Å². The molecule has 96 valence electrons. The quantitative estimate of drug-likeness (QED) is 0.679. The molecule has 0 spiro atoms. The summed E-state index contributed by atoms with van der Waals surface area (Å²) >= 11 is 6.91. The van der Waals surface area contributed by atoms with Gasteiger partial charge >= 0.3 is 0 Å². The predicted octanol–water partition coefficient (Wildman–Crippen LogP) is 3.93. The maximum Gasteiger partial charge on any atom is 0.120 e. The number of hydrogen-bond donors (Lipinski definition) is 0. The van der Waals surface area contributed by atoms with E-state index in [-0.39, 0.29) is 0 Å². The van der Waals surface area contributed by atoms with E-state index >= 15 is 0 Å². The Kier molecular flexibility index (Phi) is 7.16. The standard InChI is InChI=1S/C13H19Br2NO/c1-11(2)16(7-6-14)8-9-17-13-5-3-4-12(15)10-13/h3-5,10-11H,6-9H2,1-2H3. The molecular formula is C13H19Br2NO. The van der Waals surface area contributed by atoms with Gasteiger partial charge in [-0.05, 0) is 32.0 Å². The lowest BCUT2D eigenvalue weighted by molar-refractivity contribution is 0.185. The highest BCUT2D eigenvalue weighted by atomic mass is 79.9. The molecule has 0 heterocycles. The first-order valence-corrected chi connectivity index (χ1v) is 7.73. The molecule has 0 aliphatic carbocycles. The van der Waals surface area contributed by atoms with Crippen LogP contribution in [0.25, 0.3) is 0 Å². The third kappa shape index (κ3) is 5.89. The Bertz CT molecular complexity index is 331. The predicted molar refractivity (Wildman–Crippen MR) is 80.1 cm³/mol. The Hall–Kier alpha value is -0.0600. The number of ether oxygens (including phenoxy) is 1. The normalized spacial score (nSPS) is 11.2. The highest BCUT2D eigenvalue weighted by molar-refractivity contribution is 9.10. The molecule has 1 aromatic carbocycles. The molecule has 2 nitrogen and oxygen atoms in total. The van der Waals surface area contributed by atoms with Crippen molar-refractivity contribution < 1.29 is 4.74 Å². The van der Waals surface area contributed by atoms with Gasteiger partial charge < -0.3 is 4.74 Å². The number of nitrogens with zero attached hydrogens (tertiary/aromatic N) is 1. The molecule has 0 bridgehead atoms. The Morgan fingerprint density at radius 3 is 2.65 bits per heavy atom. The van der Waals surface area contributed by atoms with E-state index in [0.29, 0.717) is 6.04 Å². The van der Waals surface area contributed by atoms with E-state index in [2.05, 4.69) is 50.6 Å². The van der Waals surface area contributed by atoms with Gasteiger partial charge in [0.15, 0.2) is 0 Å². The molecular weight excluding hydrogens is 346 g/mol. The van der Waals surface area contributed by atoms with E-state index in [9.17, 15) is 0 Å². The largest absolute Gasteiger partial charge is 0.492 e. The van der Waals surface area contributed by atoms with Crippen LogP contribution >= 0.6 is 31.9 Å². The van der Waals surface area contributed by atoms with Gasteiger partial charge in [-0.2, -0.15) is 0 Å². The topological polar surface area (TPSA) is 12.5 Å². The summed E-state index contributed by atoms with van der Waals surface area (Å²) in [4.78, 5) is 2.40.